The first kappa shape index (κ1) is 17.3. The molecule has 0 N–H and O–H groups in total. The molecule has 0 amide bonds. The summed E-state index contributed by atoms with van der Waals surface area (Å²) >= 11 is 0. The van der Waals surface area contributed by atoms with E-state index in [0.29, 0.717) is 0 Å². The molecule has 0 atom stereocenters. The molecule has 0 aromatic carbocycles. The maximum absolute atomic E-state index is 10.5. The third kappa shape index (κ3) is 8.88. The van der Waals surface area contributed by atoms with Crippen molar-refractivity contribution in [3.63, 3.8) is 0 Å². The molecule has 0 aliphatic rings. The van der Waals surface area contributed by atoms with Gasteiger partial charge in [0, 0.05) is 13.8 Å². The van der Waals surface area contributed by atoms with Crippen LogP contribution in [0.4, 0.5) is 0 Å². The van der Waals surface area contributed by atoms with Crippen molar-refractivity contribution in [3.05, 3.63) is 0 Å². The Morgan fingerprint density at radius 2 is 1.13 bits per heavy atom. The van der Waals surface area contributed by atoms with Crippen molar-refractivity contribution in [2.45, 2.75) is 13.8 Å². The summed E-state index contributed by atoms with van der Waals surface area (Å²) in [7, 11) is 0. The van der Waals surface area contributed by atoms with Crippen LogP contribution in [0.2, 0.25) is 0 Å². The van der Waals surface area contributed by atoms with E-state index in [2.05, 4.69) is 9.47 Å². The summed E-state index contributed by atoms with van der Waals surface area (Å²) in [5.41, 5.74) is 0. The van der Waals surface area contributed by atoms with E-state index in [1.807, 2.05) is 0 Å². The summed E-state index contributed by atoms with van der Waals surface area (Å²) in [6.45, 7) is 1.64. The van der Waals surface area contributed by atoms with Crippen LogP contribution in [0.15, 0.2) is 0 Å². The van der Waals surface area contributed by atoms with Gasteiger partial charge in [0.15, 0.2) is 0 Å². The number of hydrogen-bond acceptors (Lipinski definition) is 6. The van der Waals surface area contributed by atoms with Crippen molar-refractivity contribution in [3.8, 4) is 0 Å². The largest absolute Gasteiger partial charge is 1.00 e. The topological polar surface area (TPSA) is 86.7 Å². The first-order valence-electron chi connectivity index (χ1n) is 3.80. The van der Waals surface area contributed by atoms with Gasteiger partial charge in [-0.05, 0) is 0 Å². The molecule has 0 heterocycles. The fourth-order valence-electron chi connectivity index (χ4n) is 0.472. The fourth-order valence-corrected chi connectivity index (χ4v) is 0.472. The molecule has 7 heteroatoms. The Morgan fingerprint density at radius 3 is 1.33 bits per heavy atom. The van der Waals surface area contributed by atoms with Gasteiger partial charge >= 0.3 is 63.3 Å². The summed E-state index contributed by atoms with van der Waals surface area (Å²) < 4.78 is 8.71. The molecule has 0 rings (SSSR count). The Hall–Kier alpha value is -0.0836. The van der Waals surface area contributed by atoms with E-state index in [9.17, 15) is 19.2 Å². The van der Waals surface area contributed by atoms with Gasteiger partial charge in [-0.3, -0.25) is 9.59 Å². The maximum Gasteiger partial charge on any atom is 1.00 e. The first-order valence-corrected chi connectivity index (χ1v) is 3.80. The van der Waals surface area contributed by atoms with Crippen molar-refractivity contribution >= 4 is 23.5 Å². The minimum atomic E-state index is -0.996. The second-order valence-corrected chi connectivity index (χ2v) is 2.38. The van der Waals surface area contributed by atoms with E-state index in [-0.39, 0.29) is 66.0 Å². The maximum atomic E-state index is 10.5. The van der Waals surface area contributed by atoms with Crippen molar-refractivity contribution < 1.29 is 81.5 Å². The summed E-state index contributed by atoms with van der Waals surface area (Å²) in [4.78, 5) is 41.8. The third-order valence-electron chi connectivity index (χ3n) is 1.12. The van der Waals surface area contributed by atoms with Crippen LogP contribution >= 0.6 is 0 Å². The van der Waals surface area contributed by atoms with Gasteiger partial charge in [-0.25, -0.2) is 9.59 Å². The minimum absolute atomic E-state index is 0. The van der Waals surface area contributed by atoms with E-state index in [1.165, 1.54) is 0 Å². The van der Waals surface area contributed by atoms with E-state index < -0.39 is 23.5 Å². The smallest absolute Gasteiger partial charge is 1.00 e. The molecule has 0 aliphatic carbocycles. The van der Waals surface area contributed by atoms with Crippen LogP contribution in [0.1, 0.15) is 15.3 Å². The Bertz CT molecular complexity index is 250. The van der Waals surface area contributed by atoms with Crippen molar-refractivity contribution in [1.82, 2.24) is 0 Å². The molecule has 0 radical (unpaired) electrons. The number of Topliss-reactive ketones (excluding diaryl/α,β-unsaturated/α-hetero) is 2. The van der Waals surface area contributed by atoms with E-state index in [0.717, 1.165) is 13.8 Å². The number of ketones is 2. The predicted molar refractivity (Wildman–Crippen MR) is 44.4 cm³/mol. The second kappa shape index (κ2) is 9.16. The zero-order chi connectivity index (χ0) is 11.1. The Balaban J connectivity index is -0.000000845. The molecule has 0 saturated carbocycles. The van der Waals surface area contributed by atoms with Crippen molar-refractivity contribution in [2.75, 3.05) is 13.2 Å². The molecule has 15 heavy (non-hydrogen) atoms. The minimum Gasteiger partial charge on any atom is -1.00 e. The number of carbonyl (C=O) groups is 4. The Morgan fingerprint density at radius 1 is 0.867 bits per heavy atom. The molecule has 0 unspecified atom stereocenters. The van der Waals surface area contributed by atoms with Gasteiger partial charge in [-0.2, -0.15) is 0 Å². The molecule has 0 bridgehead atoms. The zero-order valence-corrected chi connectivity index (χ0v) is 12.0. The Kier molecular flexibility index (Phi) is 10.6. The summed E-state index contributed by atoms with van der Waals surface area (Å²) in [6, 6.07) is 0. The molecule has 0 fully saturated rings. The Labute approximate surface area is 131 Å². The normalized spacial score (nSPS) is 8.40. The van der Waals surface area contributed by atoms with Gasteiger partial charge in [0.05, 0.1) is 0 Å². The quantitative estimate of drug-likeness (QED) is 0.214. The van der Waals surface area contributed by atoms with Crippen LogP contribution in [-0.2, 0) is 28.7 Å². The zero-order valence-electron chi connectivity index (χ0n) is 9.86. The second-order valence-electron chi connectivity index (χ2n) is 2.38. The van der Waals surface area contributed by atoms with Crippen LogP contribution in [0, 0.1) is 0 Å². The van der Waals surface area contributed by atoms with Gasteiger partial charge in [0.2, 0.25) is 11.6 Å². The van der Waals surface area contributed by atoms with E-state index in [4.69, 9.17) is 0 Å². The van der Waals surface area contributed by atoms with Crippen LogP contribution in [0.3, 0.4) is 0 Å². The average molecular weight is 242 g/mol. The predicted octanol–water partition coefficient (Wildman–Crippen LogP) is -3.63. The summed E-state index contributed by atoms with van der Waals surface area (Å²) in [5.74, 6) is -3.46. The van der Waals surface area contributed by atoms with Gasteiger partial charge in [-0.1, -0.05) is 0 Å². The number of ether oxygens (including phenoxy) is 2. The van der Waals surface area contributed by atoms with Gasteiger partial charge in [-0.15, -0.1) is 0 Å². The number of hydrogen-bond donors (Lipinski definition) is 0. The van der Waals surface area contributed by atoms with Crippen molar-refractivity contribution in [1.29, 1.82) is 0 Å². The van der Waals surface area contributed by atoms with Crippen LogP contribution in [0.5, 0.6) is 0 Å². The van der Waals surface area contributed by atoms with Gasteiger partial charge in [0.25, 0.3) is 0 Å². The van der Waals surface area contributed by atoms with Crippen LogP contribution in [-0.4, -0.2) is 36.7 Å². The first-order chi connectivity index (χ1) is 6.45. The molecule has 0 aliphatic heterocycles. The molecular formula is C8H11KO6. The monoisotopic (exact) mass is 242 g/mol. The number of rotatable bonds is 5. The SMILES string of the molecule is CC(=O)C(=O)OCCOC(=O)C(C)=O.[H-].[K+]. The van der Waals surface area contributed by atoms with E-state index >= 15 is 0 Å². The van der Waals surface area contributed by atoms with E-state index in [1.54, 1.807) is 0 Å². The third-order valence-corrected chi connectivity index (χ3v) is 1.12. The molecule has 80 valence electrons. The molecular weight excluding hydrogens is 231 g/mol. The van der Waals surface area contributed by atoms with Crippen LogP contribution < -0.4 is 51.4 Å². The summed E-state index contributed by atoms with van der Waals surface area (Å²) in [6.07, 6.45) is 0. The summed E-state index contributed by atoms with van der Waals surface area (Å²) in [5, 5.41) is 0. The van der Waals surface area contributed by atoms with Gasteiger partial charge < -0.3 is 10.9 Å². The van der Waals surface area contributed by atoms with Gasteiger partial charge in [0.1, 0.15) is 13.2 Å². The molecule has 0 saturated heterocycles. The van der Waals surface area contributed by atoms with Crippen LogP contribution in [0.25, 0.3) is 0 Å². The average Bonchev–Trinajstić information content (AvgIpc) is 2.11. The standard InChI is InChI=1S/C8H10O6.K.H/c1-5(9)7(11)13-3-4-14-8(12)6(2)10;;/h3-4H2,1-2H3;;/q;+1;-1. The number of carbonyl (C=O) groups excluding carboxylic acids is 4. The molecule has 0 spiro atoms. The van der Waals surface area contributed by atoms with Crippen molar-refractivity contribution in [2.24, 2.45) is 0 Å². The molecule has 0 aromatic rings. The molecule has 0 aromatic heterocycles. The fraction of sp³-hybridized carbons (Fsp3) is 0.500. The number of esters is 2. The molecule has 6 nitrogen and oxygen atoms in total.